The first-order valence-corrected chi connectivity index (χ1v) is 9.73. The number of aliphatic imine (C=N–C) groups is 1. The molecule has 0 aromatic carbocycles. The van der Waals surface area contributed by atoms with Crippen LogP contribution >= 0.6 is 0 Å². The molecule has 1 fully saturated rings. The molecule has 1 aliphatic carbocycles. The van der Waals surface area contributed by atoms with E-state index in [1.165, 1.54) is 12.8 Å². The Morgan fingerprint density at radius 1 is 1.15 bits per heavy atom. The number of aryl methyl sites for hydroxylation is 1. The topological polar surface area (TPSA) is 85.6 Å². The van der Waals surface area contributed by atoms with Crippen molar-refractivity contribution in [3.63, 3.8) is 0 Å². The highest BCUT2D eigenvalue weighted by molar-refractivity contribution is 5.79. The minimum Gasteiger partial charge on any atom is -0.382 e. The first-order chi connectivity index (χ1) is 12.7. The van der Waals surface area contributed by atoms with Gasteiger partial charge in [-0.25, -0.2) is 4.99 Å². The molecular formula is C18H34N6O2. The number of nitrogens with zero attached hydrogens (tertiary/aromatic N) is 4. The molecule has 26 heavy (non-hydrogen) atoms. The van der Waals surface area contributed by atoms with Gasteiger partial charge in [0.2, 0.25) is 0 Å². The first kappa shape index (κ1) is 20.6. The highest BCUT2D eigenvalue weighted by atomic mass is 16.5. The predicted octanol–water partition coefficient (Wildman–Crippen LogP) is 1.40. The standard InChI is InChI=1S/C18H34N6O2/c1-4-25-11-5-9-19-18(20-10-6-12-26-14-16-7-8-16)21-13-17-23-22-15(2)24(17)3/h16H,4-14H2,1-3H3,(H2,19,20,21). The zero-order chi connectivity index (χ0) is 18.6. The molecule has 1 heterocycles. The zero-order valence-electron chi connectivity index (χ0n) is 16.5. The van der Waals surface area contributed by atoms with Crippen LogP contribution in [0.4, 0.5) is 0 Å². The third kappa shape index (κ3) is 8.14. The van der Waals surface area contributed by atoms with Crippen LogP contribution in [0.2, 0.25) is 0 Å². The summed E-state index contributed by atoms with van der Waals surface area (Å²) >= 11 is 0. The van der Waals surface area contributed by atoms with E-state index in [9.17, 15) is 0 Å². The van der Waals surface area contributed by atoms with Crippen molar-refractivity contribution in [2.24, 2.45) is 18.0 Å². The lowest BCUT2D eigenvalue weighted by Gasteiger charge is -2.13. The summed E-state index contributed by atoms with van der Waals surface area (Å²) < 4.78 is 13.0. The molecule has 1 aliphatic rings. The van der Waals surface area contributed by atoms with E-state index in [-0.39, 0.29) is 0 Å². The Kier molecular flexibility index (Phi) is 9.41. The van der Waals surface area contributed by atoms with Gasteiger partial charge in [0.25, 0.3) is 0 Å². The van der Waals surface area contributed by atoms with Gasteiger partial charge < -0.3 is 24.7 Å². The van der Waals surface area contributed by atoms with Crippen LogP contribution in [0.3, 0.4) is 0 Å². The smallest absolute Gasteiger partial charge is 0.191 e. The lowest BCUT2D eigenvalue weighted by atomic mass is 10.4. The van der Waals surface area contributed by atoms with Crippen LogP contribution in [0.5, 0.6) is 0 Å². The highest BCUT2D eigenvalue weighted by Gasteiger charge is 2.20. The van der Waals surface area contributed by atoms with Gasteiger partial charge in [-0.05, 0) is 45.4 Å². The van der Waals surface area contributed by atoms with Crippen molar-refractivity contribution < 1.29 is 9.47 Å². The maximum Gasteiger partial charge on any atom is 0.191 e. The maximum absolute atomic E-state index is 5.67. The van der Waals surface area contributed by atoms with E-state index in [0.29, 0.717) is 6.54 Å². The fourth-order valence-electron chi connectivity index (χ4n) is 2.35. The van der Waals surface area contributed by atoms with Crippen molar-refractivity contribution in [1.29, 1.82) is 0 Å². The molecule has 0 aliphatic heterocycles. The SMILES string of the molecule is CCOCCCNC(=NCc1nnc(C)n1C)NCCCOCC1CC1. The molecule has 8 nitrogen and oxygen atoms in total. The second-order valence-electron chi connectivity index (χ2n) is 6.66. The number of nitrogens with one attached hydrogen (secondary N) is 2. The fourth-order valence-corrected chi connectivity index (χ4v) is 2.35. The summed E-state index contributed by atoms with van der Waals surface area (Å²) in [6, 6.07) is 0. The molecule has 0 bridgehead atoms. The van der Waals surface area contributed by atoms with Gasteiger partial charge in [-0.3, -0.25) is 0 Å². The van der Waals surface area contributed by atoms with E-state index in [1.807, 2.05) is 25.5 Å². The van der Waals surface area contributed by atoms with Crippen molar-refractivity contribution in [3.8, 4) is 0 Å². The molecule has 8 heteroatoms. The van der Waals surface area contributed by atoms with Crippen molar-refractivity contribution >= 4 is 5.96 Å². The number of guanidine groups is 1. The molecule has 0 saturated heterocycles. The molecule has 0 radical (unpaired) electrons. The van der Waals surface area contributed by atoms with Crippen LogP contribution in [-0.4, -0.2) is 60.2 Å². The van der Waals surface area contributed by atoms with E-state index in [4.69, 9.17) is 9.47 Å². The molecule has 1 saturated carbocycles. The predicted molar refractivity (Wildman–Crippen MR) is 102 cm³/mol. The normalized spacial score (nSPS) is 14.7. The molecule has 0 atom stereocenters. The third-order valence-corrected chi connectivity index (χ3v) is 4.33. The van der Waals surface area contributed by atoms with Crippen LogP contribution in [-0.2, 0) is 23.1 Å². The van der Waals surface area contributed by atoms with E-state index in [0.717, 1.165) is 75.9 Å². The average molecular weight is 367 g/mol. The van der Waals surface area contributed by atoms with E-state index < -0.39 is 0 Å². The summed E-state index contributed by atoms with van der Waals surface area (Å²) in [7, 11) is 1.96. The minimum absolute atomic E-state index is 0.496. The fraction of sp³-hybridized carbons (Fsp3) is 0.833. The number of rotatable bonds is 13. The number of hydrogen-bond donors (Lipinski definition) is 2. The average Bonchev–Trinajstić information content (AvgIpc) is 3.41. The summed E-state index contributed by atoms with van der Waals surface area (Å²) in [6.45, 7) is 9.33. The number of aromatic nitrogens is 3. The number of hydrogen-bond acceptors (Lipinski definition) is 5. The van der Waals surface area contributed by atoms with Gasteiger partial charge in [-0.1, -0.05) is 0 Å². The van der Waals surface area contributed by atoms with Gasteiger partial charge in [0.1, 0.15) is 12.4 Å². The van der Waals surface area contributed by atoms with Crippen molar-refractivity contribution in [3.05, 3.63) is 11.6 Å². The van der Waals surface area contributed by atoms with Crippen LogP contribution in [0, 0.1) is 12.8 Å². The monoisotopic (exact) mass is 366 g/mol. The second kappa shape index (κ2) is 11.9. The molecule has 2 N–H and O–H groups in total. The van der Waals surface area contributed by atoms with Gasteiger partial charge in [-0.15, -0.1) is 10.2 Å². The van der Waals surface area contributed by atoms with Crippen LogP contribution in [0.1, 0.15) is 44.3 Å². The van der Waals surface area contributed by atoms with E-state index in [1.54, 1.807) is 0 Å². The quantitative estimate of drug-likeness (QED) is 0.312. The molecule has 2 rings (SSSR count). The molecule has 0 unspecified atom stereocenters. The maximum atomic E-state index is 5.67. The zero-order valence-corrected chi connectivity index (χ0v) is 16.5. The Morgan fingerprint density at radius 3 is 2.42 bits per heavy atom. The summed E-state index contributed by atoms with van der Waals surface area (Å²) in [6.07, 6.45) is 4.59. The van der Waals surface area contributed by atoms with Crippen LogP contribution in [0.25, 0.3) is 0 Å². The Hall–Kier alpha value is -1.67. The molecule has 148 valence electrons. The lowest BCUT2D eigenvalue weighted by Crippen LogP contribution is -2.39. The molecule has 1 aromatic rings. The van der Waals surface area contributed by atoms with Crippen molar-refractivity contribution in [2.75, 3.05) is 39.5 Å². The molecule has 0 spiro atoms. The second-order valence-corrected chi connectivity index (χ2v) is 6.66. The van der Waals surface area contributed by atoms with Crippen molar-refractivity contribution in [2.45, 2.75) is 46.1 Å². The summed E-state index contributed by atoms with van der Waals surface area (Å²) in [4.78, 5) is 4.63. The van der Waals surface area contributed by atoms with Gasteiger partial charge in [-0.2, -0.15) is 0 Å². The molecule has 1 aromatic heterocycles. The number of ether oxygens (including phenoxy) is 2. The Bertz CT molecular complexity index is 542. The molecule has 0 amide bonds. The highest BCUT2D eigenvalue weighted by Crippen LogP contribution is 2.28. The van der Waals surface area contributed by atoms with Crippen molar-refractivity contribution in [1.82, 2.24) is 25.4 Å². The van der Waals surface area contributed by atoms with Crippen LogP contribution in [0.15, 0.2) is 4.99 Å². The third-order valence-electron chi connectivity index (χ3n) is 4.33. The van der Waals surface area contributed by atoms with E-state index in [2.05, 4.69) is 25.8 Å². The van der Waals surface area contributed by atoms with Gasteiger partial charge >= 0.3 is 0 Å². The Labute approximate surface area is 156 Å². The summed E-state index contributed by atoms with van der Waals surface area (Å²) in [5, 5.41) is 15.0. The molecular weight excluding hydrogens is 332 g/mol. The van der Waals surface area contributed by atoms with Gasteiger partial charge in [0.05, 0.1) is 0 Å². The Balaban J connectivity index is 1.71. The summed E-state index contributed by atoms with van der Waals surface area (Å²) in [5.74, 6) is 3.36. The Morgan fingerprint density at radius 2 is 1.85 bits per heavy atom. The van der Waals surface area contributed by atoms with Gasteiger partial charge in [0.15, 0.2) is 11.8 Å². The largest absolute Gasteiger partial charge is 0.382 e. The van der Waals surface area contributed by atoms with Gasteiger partial charge in [0, 0.05) is 46.6 Å². The first-order valence-electron chi connectivity index (χ1n) is 9.73. The van der Waals surface area contributed by atoms with E-state index >= 15 is 0 Å². The minimum atomic E-state index is 0.496. The van der Waals surface area contributed by atoms with Crippen LogP contribution < -0.4 is 10.6 Å². The summed E-state index contributed by atoms with van der Waals surface area (Å²) in [5.41, 5.74) is 0. The lowest BCUT2D eigenvalue weighted by molar-refractivity contribution is 0.123.